The molecule has 1 aromatic rings. The van der Waals surface area contributed by atoms with Crippen molar-refractivity contribution in [2.75, 3.05) is 6.54 Å². The average Bonchev–Trinajstić information content (AvgIpc) is 2.29. The predicted molar refractivity (Wildman–Crippen MR) is 56.4 cm³/mol. The summed E-state index contributed by atoms with van der Waals surface area (Å²) in [7, 11) is 0. The second-order valence-corrected chi connectivity index (χ2v) is 3.18. The molecule has 1 amide bonds. The van der Waals surface area contributed by atoms with Crippen molar-refractivity contribution < 1.29 is 32.2 Å². The van der Waals surface area contributed by atoms with E-state index in [1.165, 1.54) is 6.92 Å². The van der Waals surface area contributed by atoms with Crippen molar-refractivity contribution in [1.82, 2.24) is 0 Å². The van der Waals surface area contributed by atoms with Crippen LogP contribution in [-0.4, -0.2) is 22.5 Å². The Labute approximate surface area is 108 Å². The molecule has 0 aromatic heterocycles. The van der Waals surface area contributed by atoms with Crippen LogP contribution in [0, 0.1) is 15.0 Å². The Morgan fingerprint density at radius 2 is 2.17 bits per heavy atom. The van der Waals surface area contributed by atoms with E-state index in [0.29, 0.717) is 0 Å². The van der Waals surface area contributed by atoms with E-state index in [2.05, 4.69) is 5.29 Å². The maximum absolute atomic E-state index is 11.7. The van der Waals surface area contributed by atoms with Gasteiger partial charge in [-0.15, -0.1) is 5.01 Å². The van der Waals surface area contributed by atoms with E-state index in [1.807, 2.05) is 0 Å². The van der Waals surface area contributed by atoms with E-state index in [-0.39, 0.29) is 35.3 Å². The van der Waals surface area contributed by atoms with Crippen LogP contribution in [-0.2, 0) is 0 Å². The van der Waals surface area contributed by atoms with E-state index >= 15 is 0 Å². The van der Waals surface area contributed by atoms with Crippen molar-refractivity contribution in [1.29, 1.82) is 0 Å². The quantitative estimate of drug-likeness (QED) is 0.346. The lowest BCUT2D eigenvalue weighted by Gasteiger charge is -2.04. The third-order valence-corrected chi connectivity index (χ3v) is 2.13. The second kappa shape index (κ2) is 6.62. The van der Waals surface area contributed by atoms with Crippen molar-refractivity contribution in [2.24, 2.45) is 5.29 Å². The third kappa shape index (κ3) is 3.22. The molecule has 0 aliphatic rings. The van der Waals surface area contributed by atoms with Crippen LogP contribution < -0.4 is 17.4 Å². The zero-order valence-corrected chi connectivity index (χ0v) is 10.0. The Kier molecular flexibility index (Phi) is 5.86. The number of hydrogen-bond donors (Lipinski definition) is 2. The van der Waals surface area contributed by atoms with Crippen molar-refractivity contribution in [3.05, 3.63) is 38.8 Å². The van der Waals surface area contributed by atoms with Gasteiger partial charge in [-0.05, 0) is 13.0 Å². The number of nitro benzene ring substituents is 1. The van der Waals surface area contributed by atoms with Crippen LogP contribution in [0.15, 0.2) is 23.5 Å². The minimum atomic E-state index is -0.842. The van der Waals surface area contributed by atoms with Gasteiger partial charge in [0.2, 0.25) is 0 Å². The van der Waals surface area contributed by atoms with Crippen LogP contribution >= 0.6 is 0 Å². The standard InChI is InChI=1S/C9H9N3O5.ClH/c1-2-11(10-15)9(14)7-5-6(13)3-4-8(7)12(16)17;/h3-5,13H,2H2,1H3;1H. The molecule has 98 valence electrons. The Hall–Kier alpha value is -2.06. The molecule has 0 saturated carbocycles. The molecule has 0 aliphatic carbocycles. The Morgan fingerprint density at radius 3 is 2.61 bits per heavy atom. The molecule has 0 heterocycles. The number of aromatic hydroxyl groups is 1. The predicted octanol–water partition coefficient (Wildman–Crippen LogP) is -2.97. The number of phenolic OH excluding ortho intramolecular Hbond substituents is 1. The molecule has 8 nitrogen and oxygen atoms in total. The molecular formula is C9H10ClN3O5. The van der Waals surface area contributed by atoms with Gasteiger partial charge in [-0.1, -0.05) is 4.91 Å². The highest BCUT2D eigenvalue weighted by molar-refractivity contribution is 5.92. The Morgan fingerprint density at radius 1 is 1.56 bits per heavy atom. The van der Waals surface area contributed by atoms with E-state index in [0.717, 1.165) is 18.2 Å². The van der Waals surface area contributed by atoms with Crippen molar-refractivity contribution in [3.8, 4) is 5.75 Å². The minimum absolute atomic E-state index is 0. The first kappa shape index (κ1) is 15.9. The maximum atomic E-state index is 11.7. The molecular weight excluding hydrogens is 266 g/mol. The number of halogens is 1. The summed E-state index contributed by atoms with van der Waals surface area (Å²) in [4.78, 5) is 32.0. The molecule has 0 spiro atoms. The van der Waals surface area contributed by atoms with Crippen molar-refractivity contribution in [2.45, 2.75) is 6.92 Å². The number of quaternary nitrogens is 1. The zero-order valence-electron chi connectivity index (χ0n) is 9.29. The van der Waals surface area contributed by atoms with Crippen LogP contribution in [0.25, 0.3) is 0 Å². The van der Waals surface area contributed by atoms with Gasteiger partial charge in [-0.3, -0.25) is 10.1 Å². The maximum Gasteiger partial charge on any atom is 0.380 e. The Bertz CT molecular complexity index is 479. The number of nitrogens with zero attached hydrogens (tertiary/aromatic N) is 2. The molecule has 1 atom stereocenters. The van der Waals surface area contributed by atoms with E-state index in [4.69, 9.17) is 0 Å². The van der Waals surface area contributed by atoms with Crippen LogP contribution in [0.2, 0.25) is 0 Å². The highest BCUT2D eigenvalue weighted by Gasteiger charge is 2.29. The van der Waals surface area contributed by atoms with Gasteiger partial charge >= 0.3 is 5.91 Å². The number of nitrogens with one attached hydrogen (secondary N) is 1. The lowest BCUT2D eigenvalue weighted by atomic mass is 10.1. The largest absolute Gasteiger partial charge is 1.00 e. The SMILES string of the molecule is CC[NH+](N=O)C(=O)c1cc(O)ccc1[N+](=O)[O-].[Cl-]. The van der Waals surface area contributed by atoms with Crippen LogP contribution in [0.5, 0.6) is 5.75 Å². The van der Waals surface area contributed by atoms with E-state index < -0.39 is 16.5 Å². The lowest BCUT2D eigenvalue weighted by Crippen LogP contribution is -3.09. The monoisotopic (exact) mass is 275 g/mol. The highest BCUT2D eigenvalue weighted by atomic mass is 35.5. The summed E-state index contributed by atoms with van der Waals surface area (Å²) in [6.07, 6.45) is 0. The molecule has 1 rings (SSSR count). The third-order valence-electron chi connectivity index (χ3n) is 2.13. The summed E-state index contributed by atoms with van der Waals surface area (Å²) in [6.45, 7) is 1.60. The normalized spacial score (nSPS) is 11.2. The topological polar surface area (TPSA) is 114 Å². The number of carbonyl (C=O) groups excluding carboxylic acids is 1. The summed E-state index contributed by atoms with van der Waals surface area (Å²) in [5.74, 6) is -1.13. The summed E-state index contributed by atoms with van der Waals surface area (Å²) in [5.41, 5.74) is -0.811. The molecule has 1 aromatic carbocycles. The molecule has 0 bridgehead atoms. The molecule has 0 radical (unpaired) electrons. The van der Waals surface area contributed by atoms with Gasteiger partial charge in [0, 0.05) is 12.1 Å². The van der Waals surface area contributed by atoms with Gasteiger partial charge < -0.3 is 17.5 Å². The number of benzene rings is 1. The number of carbonyl (C=O) groups is 1. The van der Waals surface area contributed by atoms with Crippen LogP contribution in [0.1, 0.15) is 17.3 Å². The summed E-state index contributed by atoms with van der Waals surface area (Å²) in [6, 6.07) is 3.04. The summed E-state index contributed by atoms with van der Waals surface area (Å²) < 4.78 is 0. The summed E-state index contributed by atoms with van der Waals surface area (Å²) in [5, 5.41) is 22.1. The first-order valence-corrected chi connectivity index (χ1v) is 4.72. The van der Waals surface area contributed by atoms with Gasteiger partial charge in [0.05, 0.1) is 4.92 Å². The van der Waals surface area contributed by atoms with Gasteiger partial charge in [0.1, 0.15) is 12.3 Å². The van der Waals surface area contributed by atoms with Gasteiger partial charge in [0.25, 0.3) is 5.69 Å². The minimum Gasteiger partial charge on any atom is -1.00 e. The molecule has 0 aliphatic heterocycles. The van der Waals surface area contributed by atoms with Gasteiger partial charge in [-0.25, -0.2) is 4.79 Å². The highest BCUT2D eigenvalue weighted by Crippen LogP contribution is 2.22. The Balaban J connectivity index is 0.00000289. The van der Waals surface area contributed by atoms with Gasteiger partial charge in [-0.2, -0.15) is 0 Å². The fraction of sp³-hybridized carbons (Fsp3) is 0.222. The zero-order chi connectivity index (χ0) is 13.0. The number of nitroso groups, excluding NO2 is 1. The fourth-order valence-electron chi connectivity index (χ4n) is 1.29. The van der Waals surface area contributed by atoms with E-state index in [1.54, 1.807) is 0 Å². The fourth-order valence-corrected chi connectivity index (χ4v) is 1.29. The van der Waals surface area contributed by atoms with Crippen molar-refractivity contribution >= 4 is 11.6 Å². The lowest BCUT2D eigenvalue weighted by molar-refractivity contribution is -0.821. The van der Waals surface area contributed by atoms with Gasteiger partial charge in [0.15, 0.2) is 10.8 Å². The summed E-state index contributed by atoms with van der Waals surface area (Å²) >= 11 is 0. The smallest absolute Gasteiger partial charge is 0.380 e. The molecule has 0 saturated heterocycles. The number of nitro groups is 1. The second-order valence-electron chi connectivity index (χ2n) is 3.18. The molecule has 1 unspecified atom stereocenters. The number of rotatable bonds is 4. The molecule has 2 N–H and O–H groups in total. The molecule has 9 heteroatoms. The molecule has 18 heavy (non-hydrogen) atoms. The number of amides is 1. The number of phenols is 1. The van der Waals surface area contributed by atoms with E-state index in [9.17, 15) is 24.9 Å². The number of hydrogen-bond acceptors (Lipinski definition) is 6. The molecule has 0 fully saturated rings. The average molecular weight is 276 g/mol. The van der Waals surface area contributed by atoms with Crippen molar-refractivity contribution in [3.63, 3.8) is 0 Å². The first-order chi connectivity index (χ1) is 8.01. The van der Waals surface area contributed by atoms with Crippen LogP contribution in [0.3, 0.4) is 0 Å². The first-order valence-electron chi connectivity index (χ1n) is 4.72. The van der Waals surface area contributed by atoms with Crippen LogP contribution in [0.4, 0.5) is 5.69 Å².